The van der Waals surface area contributed by atoms with Crippen LogP contribution in [0.4, 0.5) is 0 Å². The summed E-state index contributed by atoms with van der Waals surface area (Å²) >= 11 is 0. The predicted molar refractivity (Wildman–Crippen MR) is 79.0 cm³/mol. The molecule has 1 amide bonds. The fraction of sp³-hybridized carbons (Fsp3) is 0.333. The number of hydrogen-bond acceptors (Lipinski definition) is 4. The van der Waals surface area contributed by atoms with Crippen LogP contribution in [0.3, 0.4) is 0 Å². The van der Waals surface area contributed by atoms with E-state index in [-0.39, 0.29) is 11.3 Å². The van der Waals surface area contributed by atoms with Gasteiger partial charge < -0.3 is 0 Å². The lowest BCUT2D eigenvalue weighted by atomic mass is 9.83. The highest BCUT2D eigenvalue weighted by Crippen LogP contribution is 2.29. The van der Waals surface area contributed by atoms with Crippen LogP contribution < -0.4 is 4.72 Å². The molecule has 1 aromatic heterocycles. The van der Waals surface area contributed by atoms with Crippen LogP contribution in [-0.4, -0.2) is 19.3 Å². The number of aromatic nitrogens is 1. The van der Waals surface area contributed by atoms with Crippen molar-refractivity contribution in [2.75, 3.05) is 0 Å². The fourth-order valence-corrected chi connectivity index (χ4v) is 3.67. The number of sulfonamides is 1. The standard InChI is InChI=1S/C15H16N2O3S/c18-14(10-11-4-1-5-11)17-21(19,20)13-8-2-6-12-7-3-9-16-15(12)13/h2-3,6-9,11H,1,4-5,10H2,(H,17,18). The SMILES string of the molecule is O=C(CC1CCC1)NS(=O)(=O)c1cccc2cccnc12. The normalized spacial score (nSPS) is 15.6. The summed E-state index contributed by atoms with van der Waals surface area (Å²) in [7, 11) is -3.88. The Kier molecular flexibility index (Phi) is 3.63. The molecule has 1 aromatic carbocycles. The molecule has 1 saturated carbocycles. The van der Waals surface area contributed by atoms with Gasteiger partial charge in [0.1, 0.15) is 4.90 Å². The number of carbonyl (C=O) groups is 1. The maximum absolute atomic E-state index is 12.4. The van der Waals surface area contributed by atoms with E-state index in [4.69, 9.17) is 0 Å². The molecule has 0 bridgehead atoms. The highest BCUT2D eigenvalue weighted by Gasteiger charge is 2.25. The lowest BCUT2D eigenvalue weighted by molar-refractivity contribution is -0.120. The summed E-state index contributed by atoms with van der Waals surface area (Å²) in [4.78, 5) is 16.0. The predicted octanol–water partition coefficient (Wildman–Crippen LogP) is 2.23. The second-order valence-electron chi connectivity index (χ2n) is 5.36. The van der Waals surface area contributed by atoms with E-state index >= 15 is 0 Å². The van der Waals surface area contributed by atoms with Gasteiger partial charge in [0.15, 0.2) is 0 Å². The molecule has 3 rings (SSSR count). The van der Waals surface area contributed by atoms with Crippen LogP contribution in [0.25, 0.3) is 10.9 Å². The number of hydrogen-bond donors (Lipinski definition) is 1. The second-order valence-corrected chi connectivity index (χ2v) is 7.01. The number of nitrogens with zero attached hydrogens (tertiary/aromatic N) is 1. The summed E-state index contributed by atoms with van der Waals surface area (Å²) in [6.45, 7) is 0. The quantitative estimate of drug-likeness (QED) is 0.939. The number of benzene rings is 1. The summed E-state index contributed by atoms with van der Waals surface area (Å²) in [5.74, 6) is -0.113. The smallest absolute Gasteiger partial charge is 0.266 e. The van der Waals surface area contributed by atoms with Gasteiger partial charge in [0.2, 0.25) is 5.91 Å². The van der Waals surface area contributed by atoms with Crippen LogP contribution in [0.2, 0.25) is 0 Å². The third-order valence-corrected chi connectivity index (χ3v) is 5.24. The molecular weight excluding hydrogens is 288 g/mol. The third-order valence-electron chi connectivity index (χ3n) is 3.83. The Hall–Kier alpha value is -1.95. The van der Waals surface area contributed by atoms with Gasteiger partial charge in [-0.15, -0.1) is 0 Å². The largest absolute Gasteiger partial charge is 0.274 e. The van der Waals surface area contributed by atoms with Gasteiger partial charge in [-0.3, -0.25) is 9.78 Å². The maximum Gasteiger partial charge on any atom is 0.266 e. The molecule has 0 aliphatic heterocycles. The summed E-state index contributed by atoms with van der Waals surface area (Å²) in [6.07, 6.45) is 4.94. The fourth-order valence-electron chi connectivity index (χ4n) is 2.50. The molecule has 0 atom stereocenters. The Morgan fingerprint density at radius 2 is 2.00 bits per heavy atom. The molecule has 1 heterocycles. The first-order valence-electron chi connectivity index (χ1n) is 6.96. The Balaban J connectivity index is 1.87. The van der Waals surface area contributed by atoms with Crippen LogP contribution in [0.1, 0.15) is 25.7 Å². The van der Waals surface area contributed by atoms with E-state index in [2.05, 4.69) is 9.71 Å². The van der Waals surface area contributed by atoms with Gasteiger partial charge in [0.05, 0.1) is 5.52 Å². The monoisotopic (exact) mass is 304 g/mol. The van der Waals surface area contributed by atoms with Gasteiger partial charge >= 0.3 is 0 Å². The molecule has 0 saturated heterocycles. The van der Waals surface area contributed by atoms with E-state index in [1.807, 2.05) is 0 Å². The van der Waals surface area contributed by atoms with Crippen molar-refractivity contribution in [3.8, 4) is 0 Å². The van der Waals surface area contributed by atoms with Gasteiger partial charge in [0.25, 0.3) is 10.0 Å². The van der Waals surface area contributed by atoms with Gasteiger partial charge in [-0.05, 0) is 30.9 Å². The van der Waals surface area contributed by atoms with Crippen molar-refractivity contribution in [3.63, 3.8) is 0 Å². The maximum atomic E-state index is 12.4. The van der Waals surface area contributed by atoms with E-state index in [9.17, 15) is 13.2 Å². The van der Waals surface area contributed by atoms with Crippen molar-refractivity contribution >= 4 is 26.8 Å². The molecule has 5 nitrogen and oxygen atoms in total. The molecule has 0 spiro atoms. The Labute approximate surface area is 123 Å². The third kappa shape index (κ3) is 2.90. The minimum absolute atomic E-state index is 0.0440. The number of fused-ring (bicyclic) bond motifs is 1. The molecule has 0 radical (unpaired) electrons. The molecule has 110 valence electrons. The summed E-state index contributed by atoms with van der Waals surface area (Å²) in [6, 6.07) is 8.44. The van der Waals surface area contributed by atoms with E-state index in [0.717, 1.165) is 24.6 Å². The zero-order valence-corrected chi connectivity index (χ0v) is 12.3. The number of amides is 1. The van der Waals surface area contributed by atoms with E-state index in [1.54, 1.807) is 24.3 Å². The molecule has 6 heteroatoms. The molecule has 1 fully saturated rings. The molecule has 21 heavy (non-hydrogen) atoms. The van der Waals surface area contributed by atoms with Crippen molar-refractivity contribution in [1.29, 1.82) is 0 Å². The first-order valence-corrected chi connectivity index (χ1v) is 8.44. The number of rotatable bonds is 4. The lowest BCUT2D eigenvalue weighted by Crippen LogP contribution is -2.33. The number of carbonyl (C=O) groups excluding carboxylic acids is 1. The van der Waals surface area contributed by atoms with E-state index < -0.39 is 15.9 Å². The highest BCUT2D eigenvalue weighted by atomic mass is 32.2. The molecule has 1 N–H and O–H groups in total. The highest BCUT2D eigenvalue weighted by molar-refractivity contribution is 7.90. The zero-order chi connectivity index (χ0) is 14.9. The average Bonchev–Trinajstić information content (AvgIpc) is 2.42. The minimum atomic E-state index is -3.88. The van der Waals surface area contributed by atoms with E-state index in [1.165, 1.54) is 12.3 Å². The Morgan fingerprint density at radius 3 is 2.71 bits per heavy atom. The molecule has 0 unspecified atom stereocenters. The van der Waals surface area contributed by atoms with Crippen LogP contribution >= 0.6 is 0 Å². The van der Waals surface area contributed by atoms with Gasteiger partial charge in [-0.1, -0.05) is 24.6 Å². The summed E-state index contributed by atoms with van der Waals surface area (Å²) in [5.41, 5.74) is 0.379. The Bertz CT molecular complexity index is 777. The number of pyridine rings is 1. The first kappa shape index (κ1) is 14.0. The van der Waals surface area contributed by atoms with Crippen LogP contribution in [0, 0.1) is 5.92 Å². The zero-order valence-electron chi connectivity index (χ0n) is 11.5. The minimum Gasteiger partial charge on any atom is -0.274 e. The first-order chi connectivity index (χ1) is 10.1. The van der Waals surface area contributed by atoms with Crippen LogP contribution in [-0.2, 0) is 14.8 Å². The van der Waals surface area contributed by atoms with Crippen LogP contribution in [0.15, 0.2) is 41.4 Å². The number of nitrogens with one attached hydrogen (secondary N) is 1. The van der Waals surface area contributed by atoms with Gasteiger partial charge in [0, 0.05) is 18.0 Å². The topological polar surface area (TPSA) is 76.1 Å². The van der Waals surface area contributed by atoms with Crippen molar-refractivity contribution in [2.45, 2.75) is 30.6 Å². The van der Waals surface area contributed by atoms with Crippen molar-refractivity contribution in [1.82, 2.24) is 9.71 Å². The van der Waals surface area contributed by atoms with E-state index in [0.29, 0.717) is 11.4 Å². The second kappa shape index (κ2) is 5.44. The van der Waals surface area contributed by atoms with Gasteiger partial charge in [-0.2, -0.15) is 0 Å². The molecule has 1 aliphatic rings. The molecule has 2 aromatic rings. The van der Waals surface area contributed by atoms with Crippen molar-refractivity contribution in [2.24, 2.45) is 5.92 Å². The van der Waals surface area contributed by atoms with Crippen LogP contribution in [0.5, 0.6) is 0 Å². The van der Waals surface area contributed by atoms with Crippen molar-refractivity contribution < 1.29 is 13.2 Å². The van der Waals surface area contributed by atoms with Crippen molar-refractivity contribution in [3.05, 3.63) is 36.5 Å². The summed E-state index contributed by atoms with van der Waals surface area (Å²) in [5, 5.41) is 0.729. The summed E-state index contributed by atoms with van der Waals surface area (Å²) < 4.78 is 26.9. The molecular formula is C15H16N2O3S. The molecule has 1 aliphatic carbocycles. The Morgan fingerprint density at radius 1 is 1.24 bits per heavy atom. The number of para-hydroxylation sites is 1. The van der Waals surface area contributed by atoms with Gasteiger partial charge in [-0.25, -0.2) is 13.1 Å². The lowest BCUT2D eigenvalue weighted by Gasteiger charge is -2.24. The average molecular weight is 304 g/mol.